The highest BCUT2D eigenvalue weighted by molar-refractivity contribution is 7.10. The van der Waals surface area contributed by atoms with Gasteiger partial charge in [0.25, 0.3) is 0 Å². The van der Waals surface area contributed by atoms with Crippen LogP contribution in [0.25, 0.3) is 11.0 Å². The van der Waals surface area contributed by atoms with Crippen LogP contribution >= 0.6 is 34.5 Å². The summed E-state index contributed by atoms with van der Waals surface area (Å²) in [6.07, 6.45) is 0. The summed E-state index contributed by atoms with van der Waals surface area (Å²) in [5.74, 6) is 0.554. The Balaban J connectivity index is 2.17. The lowest BCUT2D eigenvalue weighted by molar-refractivity contribution is 0.628. The van der Waals surface area contributed by atoms with Gasteiger partial charge < -0.3 is 4.57 Å². The summed E-state index contributed by atoms with van der Waals surface area (Å²) in [4.78, 5) is 5.64. The Morgan fingerprint density at radius 3 is 2.85 bits per heavy atom. The Labute approximate surface area is 129 Å². The molecule has 0 unspecified atom stereocenters. The first kappa shape index (κ1) is 13.9. The molecule has 0 amide bonds. The minimum absolute atomic E-state index is 0.0792. The average molecular weight is 329 g/mol. The highest BCUT2D eigenvalue weighted by atomic mass is 35.5. The second-order valence-corrected chi connectivity index (χ2v) is 6.20. The number of imidazole rings is 1. The third-order valence-electron chi connectivity index (χ3n) is 3.26. The van der Waals surface area contributed by atoms with E-state index in [2.05, 4.69) is 18.0 Å². The van der Waals surface area contributed by atoms with E-state index in [1.54, 1.807) is 17.4 Å². The van der Waals surface area contributed by atoms with Crippen LogP contribution in [0.3, 0.4) is 0 Å². The second kappa shape index (κ2) is 5.35. The zero-order chi connectivity index (χ0) is 14.3. The number of thiophene rings is 1. The molecule has 0 fully saturated rings. The van der Waals surface area contributed by atoms with Crippen LogP contribution in [0.4, 0.5) is 4.39 Å². The van der Waals surface area contributed by atoms with Crippen LogP contribution in [0.5, 0.6) is 0 Å². The maximum Gasteiger partial charge on any atom is 0.144 e. The fourth-order valence-corrected chi connectivity index (χ4v) is 3.41. The molecule has 0 aliphatic rings. The number of nitrogens with zero attached hydrogens (tertiary/aromatic N) is 2. The van der Waals surface area contributed by atoms with Crippen LogP contribution in [0.15, 0.2) is 23.6 Å². The van der Waals surface area contributed by atoms with Crippen molar-refractivity contribution in [1.82, 2.24) is 9.55 Å². The van der Waals surface area contributed by atoms with E-state index in [1.165, 1.54) is 16.5 Å². The first-order valence-electron chi connectivity index (χ1n) is 6.03. The first-order chi connectivity index (χ1) is 9.60. The van der Waals surface area contributed by atoms with Gasteiger partial charge in [-0.3, -0.25) is 0 Å². The lowest BCUT2D eigenvalue weighted by Crippen LogP contribution is -2.03. The molecule has 3 aromatic rings. The van der Waals surface area contributed by atoms with Crippen molar-refractivity contribution in [2.24, 2.45) is 0 Å². The molecule has 0 radical (unpaired) electrons. The molecule has 0 aliphatic carbocycles. The fraction of sp³-hybridized carbons (Fsp3) is 0.214. The molecule has 104 valence electrons. The number of hydrogen-bond donors (Lipinski definition) is 0. The Kier molecular flexibility index (Phi) is 3.71. The molecule has 0 bridgehead atoms. The van der Waals surface area contributed by atoms with Crippen molar-refractivity contribution in [1.29, 1.82) is 0 Å². The van der Waals surface area contributed by atoms with E-state index < -0.39 is 5.82 Å². The van der Waals surface area contributed by atoms with Crippen LogP contribution < -0.4 is 0 Å². The SMILES string of the molecule is Cc1ccsc1Cn1c(CCl)nc2cc(Cl)c(F)cc21. The van der Waals surface area contributed by atoms with Crippen LogP contribution in [-0.4, -0.2) is 9.55 Å². The summed E-state index contributed by atoms with van der Waals surface area (Å²) in [5.41, 5.74) is 2.60. The highest BCUT2D eigenvalue weighted by Gasteiger charge is 2.14. The molecule has 2 nitrogen and oxygen atoms in total. The van der Waals surface area contributed by atoms with Crippen molar-refractivity contribution in [3.63, 3.8) is 0 Å². The molecule has 0 saturated carbocycles. The van der Waals surface area contributed by atoms with Crippen molar-refractivity contribution >= 4 is 45.6 Å². The van der Waals surface area contributed by atoms with Crippen LogP contribution in [-0.2, 0) is 12.4 Å². The van der Waals surface area contributed by atoms with Gasteiger partial charge in [-0.1, -0.05) is 11.6 Å². The summed E-state index contributed by atoms with van der Waals surface area (Å²) < 4.78 is 15.6. The predicted molar refractivity (Wildman–Crippen MR) is 82.4 cm³/mol. The van der Waals surface area contributed by atoms with Gasteiger partial charge in [-0.25, -0.2) is 9.37 Å². The fourth-order valence-electron chi connectivity index (χ4n) is 2.16. The summed E-state index contributed by atoms with van der Waals surface area (Å²) >= 11 is 13.4. The van der Waals surface area contributed by atoms with E-state index >= 15 is 0 Å². The van der Waals surface area contributed by atoms with Crippen LogP contribution in [0.1, 0.15) is 16.3 Å². The van der Waals surface area contributed by atoms with Gasteiger partial charge >= 0.3 is 0 Å². The Morgan fingerprint density at radius 2 is 2.20 bits per heavy atom. The number of hydrogen-bond acceptors (Lipinski definition) is 2. The highest BCUT2D eigenvalue weighted by Crippen LogP contribution is 2.27. The van der Waals surface area contributed by atoms with Crippen molar-refractivity contribution in [2.75, 3.05) is 0 Å². The molecular weight excluding hydrogens is 318 g/mol. The number of aryl methyl sites for hydroxylation is 1. The van der Waals surface area contributed by atoms with Gasteiger partial charge in [-0.05, 0) is 30.0 Å². The van der Waals surface area contributed by atoms with Gasteiger partial charge in [-0.15, -0.1) is 22.9 Å². The van der Waals surface area contributed by atoms with E-state index in [4.69, 9.17) is 23.2 Å². The zero-order valence-corrected chi connectivity index (χ0v) is 13.0. The van der Waals surface area contributed by atoms with Gasteiger partial charge in [0.05, 0.1) is 28.5 Å². The third-order valence-corrected chi connectivity index (χ3v) is 4.80. The quantitative estimate of drug-likeness (QED) is 0.619. The summed E-state index contributed by atoms with van der Waals surface area (Å²) in [7, 11) is 0. The molecule has 2 aromatic heterocycles. The maximum absolute atomic E-state index is 13.7. The summed E-state index contributed by atoms with van der Waals surface area (Å²) in [6.45, 7) is 2.70. The molecule has 1 aromatic carbocycles. The topological polar surface area (TPSA) is 17.8 Å². The first-order valence-corrected chi connectivity index (χ1v) is 7.82. The van der Waals surface area contributed by atoms with E-state index in [-0.39, 0.29) is 10.9 Å². The minimum atomic E-state index is -0.440. The summed E-state index contributed by atoms with van der Waals surface area (Å²) in [6, 6.07) is 5.03. The number of benzene rings is 1. The molecule has 6 heteroatoms. The number of rotatable bonds is 3. The maximum atomic E-state index is 13.7. The van der Waals surface area contributed by atoms with Gasteiger partial charge in [0.15, 0.2) is 0 Å². The monoisotopic (exact) mass is 328 g/mol. The standard InChI is InChI=1S/C14H11Cl2FN2S/c1-8-2-3-20-13(8)7-19-12-5-10(17)9(16)4-11(12)18-14(19)6-15/h2-5H,6-7H2,1H3. The predicted octanol–water partition coefficient (Wildman–Crippen LogP) is 4.99. The zero-order valence-electron chi connectivity index (χ0n) is 10.7. The van der Waals surface area contributed by atoms with Crippen molar-refractivity contribution in [3.8, 4) is 0 Å². The number of aromatic nitrogens is 2. The lowest BCUT2D eigenvalue weighted by atomic mass is 10.2. The van der Waals surface area contributed by atoms with Crippen molar-refractivity contribution < 1.29 is 4.39 Å². The third kappa shape index (κ3) is 2.32. The van der Waals surface area contributed by atoms with Gasteiger partial charge in [-0.2, -0.15) is 0 Å². The number of fused-ring (bicyclic) bond motifs is 1. The molecule has 0 atom stereocenters. The average Bonchev–Trinajstić information content (AvgIpc) is 2.96. The van der Waals surface area contributed by atoms with Crippen LogP contribution in [0.2, 0.25) is 5.02 Å². The van der Waals surface area contributed by atoms with Crippen molar-refractivity contribution in [2.45, 2.75) is 19.3 Å². The van der Waals surface area contributed by atoms with E-state index in [0.29, 0.717) is 12.1 Å². The Morgan fingerprint density at radius 1 is 1.40 bits per heavy atom. The smallest absolute Gasteiger partial charge is 0.144 e. The molecular formula is C14H11Cl2FN2S. The van der Waals surface area contributed by atoms with Crippen LogP contribution in [0, 0.1) is 12.7 Å². The molecule has 0 saturated heterocycles. The number of alkyl halides is 1. The lowest BCUT2D eigenvalue weighted by Gasteiger charge is -2.07. The second-order valence-electron chi connectivity index (χ2n) is 4.53. The molecule has 0 aliphatic heterocycles. The normalized spacial score (nSPS) is 11.4. The van der Waals surface area contributed by atoms with Gasteiger partial charge in [0.2, 0.25) is 0 Å². The van der Waals surface area contributed by atoms with E-state index in [0.717, 1.165) is 11.3 Å². The molecule has 2 heterocycles. The number of halogens is 3. The van der Waals surface area contributed by atoms with E-state index in [9.17, 15) is 4.39 Å². The molecule has 3 rings (SSSR count). The van der Waals surface area contributed by atoms with Gasteiger partial charge in [0.1, 0.15) is 11.6 Å². The van der Waals surface area contributed by atoms with E-state index in [1.807, 2.05) is 9.95 Å². The minimum Gasteiger partial charge on any atom is -0.322 e. The molecule has 20 heavy (non-hydrogen) atoms. The van der Waals surface area contributed by atoms with Gasteiger partial charge in [0, 0.05) is 10.9 Å². The Bertz CT molecular complexity index is 779. The largest absolute Gasteiger partial charge is 0.322 e. The Hall–Kier alpha value is -1.10. The summed E-state index contributed by atoms with van der Waals surface area (Å²) in [5, 5.41) is 2.12. The van der Waals surface area contributed by atoms with Crippen molar-refractivity contribution in [3.05, 3.63) is 50.7 Å². The molecule has 0 spiro atoms. The molecule has 0 N–H and O–H groups in total.